The third kappa shape index (κ3) is 3.99. The summed E-state index contributed by atoms with van der Waals surface area (Å²) in [4.78, 5) is 23.4. The molecule has 0 saturated carbocycles. The Morgan fingerprint density at radius 2 is 1.93 bits per heavy atom. The van der Waals surface area contributed by atoms with Gasteiger partial charge in [-0.2, -0.15) is 0 Å². The molecule has 3 N–H and O–H groups in total. The molecule has 0 unspecified atom stereocenters. The molecule has 9 nitrogen and oxygen atoms in total. The summed E-state index contributed by atoms with van der Waals surface area (Å²) < 4.78 is 22.2. The summed E-state index contributed by atoms with van der Waals surface area (Å²) in [7, 11) is 1.43. The van der Waals surface area contributed by atoms with Crippen LogP contribution in [0.15, 0.2) is 27.4 Å². The molecule has 29 heavy (non-hydrogen) atoms. The number of benzene rings is 1. The van der Waals surface area contributed by atoms with Gasteiger partial charge >= 0.3 is 5.63 Å². The van der Waals surface area contributed by atoms with Crippen molar-refractivity contribution < 1.29 is 33.6 Å². The van der Waals surface area contributed by atoms with Crippen molar-refractivity contribution in [1.29, 1.82) is 0 Å². The monoisotopic (exact) mass is 407 g/mol. The molecule has 0 radical (unpaired) electrons. The van der Waals surface area contributed by atoms with E-state index in [-0.39, 0.29) is 17.2 Å². The Hall–Kier alpha value is -2.46. The van der Waals surface area contributed by atoms with E-state index in [2.05, 4.69) is 5.32 Å². The van der Waals surface area contributed by atoms with Crippen LogP contribution >= 0.6 is 0 Å². The van der Waals surface area contributed by atoms with Crippen molar-refractivity contribution in [3.63, 3.8) is 0 Å². The number of hydrogen-bond donors (Lipinski definition) is 3. The number of aliphatic hydroxyl groups is 2. The molecule has 1 aromatic heterocycles. The van der Waals surface area contributed by atoms with Crippen LogP contribution in [0.3, 0.4) is 0 Å². The van der Waals surface area contributed by atoms with E-state index in [0.29, 0.717) is 16.7 Å². The SMILES string of the molecule is CO[C@@H]1[C@@H](O)[C@H](O)[C@H](Oc2ccc3cc(NC(C)=O)c(=O)oc3c2C)OC1(C)C. The van der Waals surface area contributed by atoms with E-state index in [9.17, 15) is 19.8 Å². The van der Waals surface area contributed by atoms with Gasteiger partial charge in [0.25, 0.3) is 0 Å². The zero-order valence-electron chi connectivity index (χ0n) is 16.9. The van der Waals surface area contributed by atoms with Gasteiger partial charge in [0, 0.05) is 25.0 Å². The molecule has 0 spiro atoms. The molecule has 1 amide bonds. The Kier molecular flexibility index (Phi) is 5.68. The molecule has 1 saturated heterocycles. The molecule has 3 rings (SSSR count). The number of carbonyl (C=O) groups excluding carboxylic acids is 1. The lowest BCUT2D eigenvalue weighted by atomic mass is 9.89. The van der Waals surface area contributed by atoms with Gasteiger partial charge in [-0.25, -0.2) is 4.79 Å². The van der Waals surface area contributed by atoms with Gasteiger partial charge in [-0.15, -0.1) is 0 Å². The minimum atomic E-state index is -1.35. The number of amides is 1. The summed E-state index contributed by atoms with van der Waals surface area (Å²) >= 11 is 0. The number of anilines is 1. The second-order valence-corrected chi connectivity index (χ2v) is 7.58. The van der Waals surface area contributed by atoms with E-state index >= 15 is 0 Å². The molecule has 9 heteroatoms. The topological polar surface area (TPSA) is 127 Å². The quantitative estimate of drug-likeness (QED) is 0.648. The summed E-state index contributed by atoms with van der Waals surface area (Å²) in [5.41, 5.74) is -0.781. The average molecular weight is 407 g/mol. The number of rotatable bonds is 4. The molecule has 1 aromatic carbocycles. The third-order valence-electron chi connectivity index (χ3n) is 4.95. The summed E-state index contributed by atoms with van der Waals surface area (Å²) in [6, 6.07) is 4.80. The molecule has 158 valence electrons. The number of carbonyl (C=O) groups is 1. The lowest BCUT2D eigenvalue weighted by Gasteiger charge is -2.46. The van der Waals surface area contributed by atoms with E-state index in [4.69, 9.17) is 18.6 Å². The van der Waals surface area contributed by atoms with Gasteiger partial charge in [0.2, 0.25) is 12.2 Å². The minimum Gasteiger partial charge on any atom is -0.462 e. The van der Waals surface area contributed by atoms with Crippen LogP contribution in [0.4, 0.5) is 5.69 Å². The third-order valence-corrected chi connectivity index (χ3v) is 4.95. The zero-order valence-corrected chi connectivity index (χ0v) is 16.9. The van der Waals surface area contributed by atoms with Crippen LogP contribution in [-0.4, -0.2) is 53.4 Å². The van der Waals surface area contributed by atoms with Gasteiger partial charge in [-0.05, 0) is 39.0 Å². The first-order chi connectivity index (χ1) is 13.5. The fraction of sp³-hybridized carbons (Fsp3) is 0.500. The molecular weight excluding hydrogens is 382 g/mol. The zero-order chi connectivity index (χ0) is 21.5. The largest absolute Gasteiger partial charge is 0.462 e. The normalized spacial score (nSPS) is 26.3. The van der Waals surface area contributed by atoms with Crippen LogP contribution in [0, 0.1) is 6.92 Å². The summed E-state index contributed by atoms with van der Waals surface area (Å²) in [5, 5.41) is 23.8. The highest BCUT2D eigenvalue weighted by Gasteiger charge is 2.50. The Labute approximate surface area is 167 Å². The predicted molar refractivity (Wildman–Crippen MR) is 104 cm³/mol. The number of fused-ring (bicyclic) bond motifs is 1. The lowest BCUT2D eigenvalue weighted by Crippen LogP contribution is -2.63. The fourth-order valence-electron chi connectivity index (χ4n) is 3.54. The highest BCUT2D eigenvalue weighted by molar-refractivity contribution is 5.91. The van der Waals surface area contributed by atoms with Crippen LogP contribution in [0.2, 0.25) is 0 Å². The molecule has 2 heterocycles. The van der Waals surface area contributed by atoms with E-state index in [0.717, 1.165) is 0 Å². The van der Waals surface area contributed by atoms with Crippen LogP contribution in [0.1, 0.15) is 26.3 Å². The van der Waals surface area contributed by atoms with Crippen molar-refractivity contribution in [3.8, 4) is 5.75 Å². The summed E-state index contributed by atoms with van der Waals surface area (Å²) in [6.07, 6.45) is -4.46. The first-order valence-electron chi connectivity index (χ1n) is 9.13. The van der Waals surface area contributed by atoms with Crippen molar-refractivity contribution >= 4 is 22.6 Å². The van der Waals surface area contributed by atoms with Crippen LogP contribution in [-0.2, 0) is 14.3 Å². The molecule has 4 atom stereocenters. The number of methoxy groups -OCH3 is 1. The standard InChI is InChI=1S/C20H25NO8/c1-9-13(27-19-15(24)14(23)17(26-5)20(3,4)29-19)7-6-11-8-12(21-10(2)22)18(25)28-16(9)11/h6-8,14-15,17,19,23-24H,1-5H3,(H,21,22)/t14-,15-,17+,19+/m0/s1. The smallest absolute Gasteiger partial charge is 0.360 e. The van der Waals surface area contributed by atoms with Crippen LogP contribution in [0.25, 0.3) is 11.0 Å². The van der Waals surface area contributed by atoms with E-state index in [1.165, 1.54) is 20.1 Å². The highest BCUT2D eigenvalue weighted by atomic mass is 16.7. The van der Waals surface area contributed by atoms with E-state index in [1.54, 1.807) is 32.9 Å². The van der Waals surface area contributed by atoms with Crippen molar-refractivity contribution in [2.45, 2.75) is 57.9 Å². The first-order valence-corrected chi connectivity index (χ1v) is 9.13. The molecular formula is C20H25NO8. The van der Waals surface area contributed by atoms with Gasteiger partial charge < -0.3 is 34.2 Å². The number of hydrogen-bond acceptors (Lipinski definition) is 8. The highest BCUT2D eigenvalue weighted by Crippen LogP contribution is 2.34. The maximum Gasteiger partial charge on any atom is 0.360 e. The average Bonchev–Trinajstić information content (AvgIpc) is 2.63. The molecule has 2 aromatic rings. The van der Waals surface area contributed by atoms with Crippen molar-refractivity contribution in [1.82, 2.24) is 0 Å². The number of nitrogens with one attached hydrogen (secondary N) is 1. The molecule has 1 aliphatic rings. The van der Waals surface area contributed by atoms with Gasteiger partial charge in [0.15, 0.2) is 0 Å². The molecule has 0 bridgehead atoms. The Balaban J connectivity index is 1.93. The van der Waals surface area contributed by atoms with E-state index < -0.39 is 35.8 Å². The number of ether oxygens (including phenoxy) is 3. The fourth-order valence-corrected chi connectivity index (χ4v) is 3.54. The Bertz CT molecular complexity index is 982. The van der Waals surface area contributed by atoms with Gasteiger partial charge in [-0.1, -0.05) is 0 Å². The number of aryl methyl sites for hydroxylation is 1. The van der Waals surface area contributed by atoms with Gasteiger partial charge in [-0.3, -0.25) is 4.79 Å². The summed E-state index contributed by atoms with van der Waals surface area (Å²) in [6.45, 7) is 6.43. The lowest BCUT2D eigenvalue weighted by molar-refractivity contribution is -0.306. The number of aliphatic hydroxyl groups excluding tert-OH is 2. The predicted octanol–water partition coefficient (Wildman–Crippen LogP) is 1.31. The maximum atomic E-state index is 12.1. The first kappa shape index (κ1) is 21.3. The maximum absolute atomic E-state index is 12.1. The molecule has 1 aliphatic heterocycles. The molecule has 0 aliphatic carbocycles. The Morgan fingerprint density at radius 1 is 1.24 bits per heavy atom. The Morgan fingerprint density at radius 3 is 2.55 bits per heavy atom. The van der Waals surface area contributed by atoms with E-state index in [1.807, 2.05) is 0 Å². The van der Waals surface area contributed by atoms with Crippen molar-refractivity contribution in [2.75, 3.05) is 12.4 Å². The van der Waals surface area contributed by atoms with Gasteiger partial charge in [0.1, 0.15) is 35.3 Å². The van der Waals surface area contributed by atoms with Crippen molar-refractivity contribution in [3.05, 3.63) is 34.2 Å². The van der Waals surface area contributed by atoms with Crippen molar-refractivity contribution in [2.24, 2.45) is 0 Å². The molecule has 1 fully saturated rings. The summed E-state index contributed by atoms with van der Waals surface area (Å²) in [5.74, 6) is -0.0665. The van der Waals surface area contributed by atoms with Crippen LogP contribution < -0.4 is 15.7 Å². The van der Waals surface area contributed by atoms with Gasteiger partial charge in [0.05, 0.1) is 5.60 Å². The minimum absolute atomic E-state index is 0.0413. The second-order valence-electron chi connectivity index (χ2n) is 7.58. The second kappa shape index (κ2) is 7.75. The van der Waals surface area contributed by atoms with Crippen LogP contribution in [0.5, 0.6) is 5.75 Å².